The molecule has 0 saturated carbocycles. The second kappa shape index (κ2) is 5.62. The van der Waals surface area contributed by atoms with Gasteiger partial charge in [-0.15, -0.1) is 0 Å². The normalized spacial score (nSPS) is 11.7. The number of hydrogen-bond donors (Lipinski definition) is 1. The third-order valence-electron chi connectivity index (χ3n) is 3.05. The lowest BCUT2D eigenvalue weighted by Crippen LogP contribution is -2.12. The minimum absolute atomic E-state index is 0.156. The Hall–Kier alpha value is -1.89. The molecule has 6 nitrogen and oxygen atoms in total. The topological polar surface area (TPSA) is 90.9 Å². The highest BCUT2D eigenvalue weighted by Gasteiger charge is 2.19. The van der Waals surface area contributed by atoms with Crippen molar-refractivity contribution in [1.29, 1.82) is 0 Å². The standard InChI is InChI=1S/C13H18N4O2S/c1-3-6-17-13(15-9-16-17)8-20(18,19)11-4-5-12(14)10(2)7-11/h4-5,7,9H,3,6,8,14H2,1-2H3. The molecule has 0 unspecified atom stereocenters. The molecule has 1 heterocycles. The lowest BCUT2D eigenvalue weighted by Gasteiger charge is -2.08. The third kappa shape index (κ3) is 2.98. The van der Waals surface area contributed by atoms with Gasteiger partial charge in [0.2, 0.25) is 0 Å². The second-order valence-electron chi connectivity index (χ2n) is 4.68. The maximum absolute atomic E-state index is 12.4. The van der Waals surface area contributed by atoms with Crippen LogP contribution >= 0.6 is 0 Å². The molecule has 0 saturated heterocycles. The fourth-order valence-corrected chi connectivity index (χ4v) is 3.26. The minimum atomic E-state index is -3.44. The second-order valence-corrected chi connectivity index (χ2v) is 6.67. The van der Waals surface area contributed by atoms with Crippen LogP contribution in [0.3, 0.4) is 0 Å². The Morgan fingerprint density at radius 1 is 1.35 bits per heavy atom. The molecule has 1 aromatic carbocycles. The summed E-state index contributed by atoms with van der Waals surface area (Å²) in [4.78, 5) is 4.29. The van der Waals surface area contributed by atoms with Crippen LogP contribution in [0, 0.1) is 6.92 Å². The van der Waals surface area contributed by atoms with E-state index in [9.17, 15) is 8.42 Å². The SMILES string of the molecule is CCCn1ncnc1CS(=O)(=O)c1ccc(N)c(C)c1. The average Bonchev–Trinajstić information content (AvgIpc) is 2.80. The molecule has 108 valence electrons. The Kier molecular flexibility index (Phi) is 4.08. The summed E-state index contributed by atoms with van der Waals surface area (Å²) in [5, 5.41) is 4.04. The van der Waals surface area contributed by atoms with Crippen molar-refractivity contribution in [1.82, 2.24) is 14.8 Å². The van der Waals surface area contributed by atoms with Crippen molar-refractivity contribution in [3.05, 3.63) is 35.9 Å². The van der Waals surface area contributed by atoms with Gasteiger partial charge in [-0.3, -0.25) is 0 Å². The highest BCUT2D eigenvalue weighted by molar-refractivity contribution is 7.90. The van der Waals surface area contributed by atoms with Crippen molar-refractivity contribution >= 4 is 15.5 Å². The highest BCUT2D eigenvalue weighted by atomic mass is 32.2. The molecule has 0 aliphatic carbocycles. The van der Waals surface area contributed by atoms with Gasteiger partial charge >= 0.3 is 0 Å². The summed E-state index contributed by atoms with van der Waals surface area (Å²) in [6, 6.07) is 4.72. The molecule has 2 N–H and O–H groups in total. The number of aryl methyl sites for hydroxylation is 2. The van der Waals surface area contributed by atoms with Gasteiger partial charge in [0.1, 0.15) is 17.9 Å². The van der Waals surface area contributed by atoms with Crippen LogP contribution in [-0.2, 0) is 22.1 Å². The summed E-state index contributed by atoms with van der Waals surface area (Å²) < 4.78 is 26.4. The average molecular weight is 294 g/mol. The van der Waals surface area contributed by atoms with E-state index in [2.05, 4.69) is 10.1 Å². The summed E-state index contributed by atoms with van der Waals surface area (Å²) in [6.45, 7) is 4.45. The van der Waals surface area contributed by atoms with E-state index in [0.717, 1.165) is 12.0 Å². The Labute approximate surface area is 118 Å². The Bertz CT molecular complexity index is 707. The van der Waals surface area contributed by atoms with Gasteiger partial charge in [-0.05, 0) is 37.1 Å². The van der Waals surface area contributed by atoms with E-state index in [1.54, 1.807) is 23.7 Å². The lowest BCUT2D eigenvalue weighted by atomic mass is 10.2. The number of hydrogen-bond acceptors (Lipinski definition) is 5. The van der Waals surface area contributed by atoms with Crippen LogP contribution in [-0.4, -0.2) is 23.2 Å². The zero-order valence-corrected chi connectivity index (χ0v) is 12.4. The zero-order chi connectivity index (χ0) is 14.8. The van der Waals surface area contributed by atoms with Crippen LogP contribution in [0.5, 0.6) is 0 Å². The maximum atomic E-state index is 12.4. The number of aromatic nitrogens is 3. The summed E-state index contributed by atoms with van der Waals surface area (Å²) in [6.07, 6.45) is 2.26. The molecule has 2 aromatic rings. The predicted molar refractivity (Wildman–Crippen MR) is 76.8 cm³/mol. The molecule has 0 aliphatic heterocycles. The van der Waals surface area contributed by atoms with Crippen LogP contribution in [0.4, 0.5) is 5.69 Å². The number of sulfone groups is 1. The molecule has 0 amide bonds. The smallest absolute Gasteiger partial charge is 0.185 e. The van der Waals surface area contributed by atoms with Crippen molar-refractivity contribution in [3.8, 4) is 0 Å². The van der Waals surface area contributed by atoms with E-state index >= 15 is 0 Å². The minimum Gasteiger partial charge on any atom is -0.399 e. The van der Waals surface area contributed by atoms with E-state index in [0.29, 0.717) is 18.1 Å². The molecule has 0 radical (unpaired) electrons. The van der Waals surface area contributed by atoms with E-state index < -0.39 is 9.84 Å². The van der Waals surface area contributed by atoms with E-state index in [1.165, 1.54) is 12.4 Å². The first-order valence-electron chi connectivity index (χ1n) is 6.39. The van der Waals surface area contributed by atoms with Crippen molar-refractivity contribution < 1.29 is 8.42 Å². The third-order valence-corrected chi connectivity index (χ3v) is 4.66. The van der Waals surface area contributed by atoms with Crippen molar-refractivity contribution in [3.63, 3.8) is 0 Å². The first-order valence-corrected chi connectivity index (χ1v) is 8.05. The quantitative estimate of drug-likeness (QED) is 0.845. The first-order chi connectivity index (χ1) is 9.44. The fourth-order valence-electron chi connectivity index (χ4n) is 1.89. The fraction of sp³-hybridized carbons (Fsp3) is 0.385. The zero-order valence-electron chi connectivity index (χ0n) is 11.6. The number of benzene rings is 1. The highest BCUT2D eigenvalue weighted by Crippen LogP contribution is 2.20. The van der Waals surface area contributed by atoms with E-state index in [-0.39, 0.29) is 10.6 Å². The Morgan fingerprint density at radius 2 is 2.10 bits per heavy atom. The maximum Gasteiger partial charge on any atom is 0.185 e. The largest absolute Gasteiger partial charge is 0.399 e. The number of rotatable bonds is 5. The van der Waals surface area contributed by atoms with Crippen LogP contribution in [0.2, 0.25) is 0 Å². The van der Waals surface area contributed by atoms with Gasteiger partial charge in [0.25, 0.3) is 0 Å². The molecule has 0 atom stereocenters. The van der Waals surface area contributed by atoms with Crippen LogP contribution in [0.25, 0.3) is 0 Å². The summed E-state index contributed by atoms with van der Waals surface area (Å²) in [5.74, 6) is 0.303. The molecular formula is C13H18N4O2S. The molecule has 7 heteroatoms. The molecule has 20 heavy (non-hydrogen) atoms. The van der Waals surface area contributed by atoms with Crippen molar-refractivity contribution in [2.45, 2.75) is 37.5 Å². The monoisotopic (exact) mass is 294 g/mol. The summed E-state index contributed by atoms with van der Waals surface area (Å²) in [5.41, 5.74) is 7.04. The van der Waals surface area contributed by atoms with E-state index in [4.69, 9.17) is 5.73 Å². The van der Waals surface area contributed by atoms with Crippen LogP contribution < -0.4 is 5.73 Å². The molecular weight excluding hydrogens is 276 g/mol. The van der Waals surface area contributed by atoms with Gasteiger partial charge in [0.05, 0.1) is 4.90 Å². The predicted octanol–water partition coefficient (Wildman–Crippen LogP) is 1.55. The lowest BCUT2D eigenvalue weighted by molar-refractivity contribution is 0.566. The van der Waals surface area contributed by atoms with Crippen molar-refractivity contribution in [2.75, 3.05) is 5.73 Å². The molecule has 0 spiro atoms. The van der Waals surface area contributed by atoms with Gasteiger partial charge in [-0.1, -0.05) is 6.92 Å². The summed E-state index contributed by atoms with van der Waals surface area (Å²) >= 11 is 0. The Morgan fingerprint density at radius 3 is 2.75 bits per heavy atom. The van der Waals surface area contributed by atoms with E-state index in [1.807, 2.05) is 6.92 Å². The Balaban J connectivity index is 2.31. The van der Waals surface area contributed by atoms with Gasteiger partial charge in [-0.25, -0.2) is 18.1 Å². The summed E-state index contributed by atoms with van der Waals surface area (Å²) in [7, 11) is -3.44. The van der Waals surface area contributed by atoms with Gasteiger partial charge < -0.3 is 5.73 Å². The van der Waals surface area contributed by atoms with Crippen LogP contribution in [0.1, 0.15) is 24.7 Å². The number of anilines is 1. The molecule has 1 aromatic heterocycles. The van der Waals surface area contributed by atoms with Gasteiger partial charge in [0.15, 0.2) is 9.84 Å². The number of nitrogen functional groups attached to an aromatic ring is 1. The number of nitrogens with zero attached hydrogens (tertiary/aromatic N) is 3. The first kappa shape index (κ1) is 14.5. The van der Waals surface area contributed by atoms with Gasteiger partial charge in [0, 0.05) is 12.2 Å². The van der Waals surface area contributed by atoms with Crippen LogP contribution in [0.15, 0.2) is 29.4 Å². The number of nitrogens with two attached hydrogens (primary N) is 1. The molecule has 2 rings (SSSR count). The molecule has 0 aliphatic rings. The molecule has 0 fully saturated rings. The van der Waals surface area contributed by atoms with Crippen molar-refractivity contribution in [2.24, 2.45) is 0 Å². The molecule has 0 bridgehead atoms. The van der Waals surface area contributed by atoms with Gasteiger partial charge in [-0.2, -0.15) is 5.10 Å².